The first-order chi connectivity index (χ1) is 13.9. The molecule has 7 heteroatoms. The summed E-state index contributed by atoms with van der Waals surface area (Å²) in [6.07, 6.45) is 2.28. The van der Waals surface area contributed by atoms with Crippen molar-refractivity contribution in [2.45, 2.75) is 18.5 Å². The first-order valence-electron chi connectivity index (χ1n) is 9.51. The fourth-order valence-electron chi connectivity index (χ4n) is 4.75. The summed E-state index contributed by atoms with van der Waals surface area (Å²) < 4.78 is 2.00. The monoisotopic (exact) mass is 391 g/mol. The quantitative estimate of drug-likeness (QED) is 0.621. The number of carbonyl (C=O) groups is 2. The molecule has 0 spiro atoms. The van der Waals surface area contributed by atoms with Crippen molar-refractivity contribution < 1.29 is 19.8 Å². The first kappa shape index (κ1) is 17.6. The number of piperazine rings is 1. The Labute approximate surface area is 167 Å². The Kier molecular flexibility index (Phi) is 3.65. The average molecular weight is 391 g/mol. The molecule has 2 atom stereocenters. The van der Waals surface area contributed by atoms with E-state index in [2.05, 4.69) is 0 Å². The van der Waals surface area contributed by atoms with Crippen LogP contribution in [0.4, 0.5) is 0 Å². The predicted molar refractivity (Wildman–Crippen MR) is 107 cm³/mol. The maximum atomic E-state index is 13.1. The van der Waals surface area contributed by atoms with Crippen LogP contribution in [0.5, 0.6) is 11.5 Å². The molecule has 1 fully saturated rings. The predicted octanol–water partition coefficient (Wildman–Crippen LogP) is 1.90. The van der Waals surface area contributed by atoms with Crippen LogP contribution in [0.3, 0.4) is 0 Å². The molecule has 0 aliphatic carbocycles. The van der Waals surface area contributed by atoms with Crippen LogP contribution in [-0.2, 0) is 23.1 Å². The van der Waals surface area contributed by atoms with Crippen molar-refractivity contribution in [1.29, 1.82) is 0 Å². The number of fused-ring (bicyclic) bond motifs is 3. The lowest BCUT2D eigenvalue weighted by molar-refractivity contribution is -0.157. The zero-order chi connectivity index (χ0) is 20.4. The summed E-state index contributed by atoms with van der Waals surface area (Å²) in [6, 6.07) is 9.77. The van der Waals surface area contributed by atoms with Gasteiger partial charge < -0.3 is 24.6 Å². The number of nitrogens with zero attached hydrogens (tertiary/aromatic N) is 3. The molecule has 0 saturated carbocycles. The molecule has 0 bridgehead atoms. The molecule has 2 N–H and O–H groups in total. The maximum absolute atomic E-state index is 13.1. The third-order valence-corrected chi connectivity index (χ3v) is 6.10. The highest BCUT2D eigenvalue weighted by molar-refractivity contribution is 5.97. The summed E-state index contributed by atoms with van der Waals surface area (Å²) in [6.45, 7) is 0.0238. The largest absolute Gasteiger partial charge is 0.504 e. The van der Waals surface area contributed by atoms with Gasteiger partial charge in [-0.05, 0) is 29.3 Å². The van der Waals surface area contributed by atoms with Crippen LogP contribution in [0.25, 0.3) is 10.9 Å². The molecule has 1 aromatic heterocycles. The molecule has 2 aliphatic heterocycles. The number of aromatic hydroxyl groups is 2. The van der Waals surface area contributed by atoms with E-state index in [0.717, 1.165) is 27.6 Å². The molecule has 0 unspecified atom stereocenters. The number of para-hydroxylation sites is 1. The van der Waals surface area contributed by atoms with E-state index in [1.807, 2.05) is 42.1 Å². The zero-order valence-electron chi connectivity index (χ0n) is 16.2. The van der Waals surface area contributed by atoms with Crippen molar-refractivity contribution in [3.8, 4) is 11.5 Å². The summed E-state index contributed by atoms with van der Waals surface area (Å²) in [4.78, 5) is 29.1. The van der Waals surface area contributed by atoms with Gasteiger partial charge in [-0.25, -0.2) is 0 Å². The molecule has 3 heterocycles. The number of benzene rings is 2. The lowest BCUT2D eigenvalue weighted by Crippen LogP contribution is -2.62. The molecule has 29 heavy (non-hydrogen) atoms. The Bertz CT molecular complexity index is 1180. The van der Waals surface area contributed by atoms with Crippen LogP contribution >= 0.6 is 0 Å². The van der Waals surface area contributed by atoms with Gasteiger partial charge in [-0.1, -0.05) is 18.2 Å². The summed E-state index contributed by atoms with van der Waals surface area (Å²) in [5.74, 6) is -0.710. The van der Waals surface area contributed by atoms with Gasteiger partial charge in [0.05, 0.1) is 12.6 Å². The fraction of sp³-hybridized carbons (Fsp3) is 0.273. The van der Waals surface area contributed by atoms with Crippen molar-refractivity contribution in [2.75, 3.05) is 13.6 Å². The van der Waals surface area contributed by atoms with Crippen molar-refractivity contribution in [2.24, 2.45) is 7.05 Å². The SMILES string of the molecule is CN1CC(=O)N2[C@H](c3cn(C)c4ccccc34)c3cc(O)c(O)cc3C[C@H]2C1=O. The van der Waals surface area contributed by atoms with Gasteiger partial charge in [-0.2, -0.15) is 0 Å². The number of aromatic nitrogens is 1. The number of carbonyl (C=O) groups excluding carboxylic acids is 2. The third-order valence-electron chi connectivity index (χ3n) is 6.10. The van der Waals surface area contributed by atoms with Crippen LogP contribution < -0.4 is 0 Å². The van der Waals surface area contributed by atoms with Crippen LogP contribution in [0.15, 0.2) is 42.6 Å². The van der Waals surface area contributed by atoms with Gasteiger partial charge in [0.2, 0.25) is 11.8 Å². The Hall–Kier alpha value is -3.48. The Morgan fingerprint density at radius 1 is 1.00 bits per heavy atom. The van der Waals surface area contributed by atoms with E-state index in [4.69, 9.17) is 0 Å². The fourth-order valence-corrected chi connectivity index (χ4v) is 4.75. The van der Waals surface area contributed by atoms with Gasteiger partial charge in [0.25, 0.3) is 0 Å². The molecule has 2 aromatic carbocycles. The smallest absolute Gasteiger partial charge is 0.245 e. The number of phenolic OH excluding ortho intramolecular Hbond substituents is 2. The Morgan fingerprint density at radius 2 is 1.72 bits per heavy atom. The normalized spacial score (nSPS) is 21.4. The van der Waals surface area contributed by atoms with Gasteiger partial charge >= 0.3 is 0 Å². The number of amides is 2. The number of hydrogen-bond acceptors (Lipinski definition) is 4. The second kappa shape index (κ2) is 6.01. The second-order valence-corrected chi connectivity index (χ2v) is 7.87. The Morgan fingerprint density at radius 3 is 2.52 bits per heavy atom. The molecule has 2 amide bonds. The highest BCUT2D eigenvalue weighted by atomic mass is 16.3. The summed E-state index contributed by atoms with van der Waals surface area (Å²) in [5.41, 5.74) is 3.40. The minimum absolute atomic E-state index is 0.0238. The minimum Gasteiger partial charge on any atom is -0.504 e. The lowest BCUT2D eigenvalue weighted by atomic mass is 9.82. The van der Waals surface area contributed by atoms with Gasteiger partial charge in [-0.3, -0.25) is 9.59 Å². The molecule has 0 radical (unpaired) electrons. The third kappa shape index (κ3) is 2.43. The summed E-state index contributed by atoms with van der Waals surface area (Å²) in [5, 5.41) is 21.2. The lowest BCUT2D eigenvalue weighted by Gasteiger charge is -2.47. The standard InChI is InChI=1S/C22H21N3O4/c1-23-10-15(13-5-3-4-6-16(13)23)21-14-9-19(27)18(26)8-12(14)7-17-22(29)24(2)11-20(28)25(17)21/h3-6,8-10,17,21,26-27H,7,11H2,1-2H3/t17-,21-/m0/s1. The van der Waals surface area contributed by atoms with Crippen LogP contribution in [0.2, 0.25) is 0 Å². The average Bonchev–Trinajstić information content (AvgIpc) is 3.02. The molecule has 2 aliphatic rings. The van der Waals surface area contributed by atoms with Crippen molar-refractivity contribution in [3.63, 3.8) is 0 Å². The summed E-state index contributed by atoms with van der Waals surface area (Å²) >= 11 is 0. The molecule has 7 nitrogen and oxygen atoms in total. The second-order valence-electron chi connectivity index (χ2n) is 7.87. The number of phenols is 2. The van der Waals surface area contributed by atoms with E-state index in [0.29, 0.717) is 6.42 Å². The van der Waals surface area contributed by atoms with Gasteiger partial charge in [0, 0.05) is 43.2 Å². The van der Waals surface area contributed by atoms with Crippen LogP contribution in [0, 0.1) is 0 Å². The molecule has 3 aromatic rings. The topological polar surface area (TPSA) is 86.0 Å². The van der Waals surface area contributed by atoms with E-state index in [9.17, 15) is 19.8 Å². The number of hydrogen-bond donors (Lipinski definition) is 2. The van der Waals surface area contributed by atoms with Crippen LogP contribution in [0.1, 0.15) is 22.7 Å². The molecular weight excluding hydrogens is 370 g/mol. The zero-order valence-corrected chi connectivity index (χ0v) is 16.2. The van der Waals surface area contributed by atoms with Gasteiger partial charge in [-0.15, -0.1) is 0 Å². The molecule has 148 valence electrons. The van der Waals surface area contributed by atoms with Crippen molar-refractivity contribution in [1.82, 2.24) is 14.4 Å². The van der Waals surface area contributed by atoms with E-state index in [-0.39, 0.29) is 29.9 Å². The van der Waals surface area contributed by atoms with Gasteiger partial charge in [0.1, 0.15) is 6.04 Å². The van der Waals surface area contributed by atoms with Crippen molar-refractivity contribution in [3.05, 3.63) is 59.3 Å². The van der Waals surface area contributed by atoms with E-state index in [1.165, 1.54) is 17.0 Å². The Balaban J connectivity index is 1.80. The van der Waals surface area contributed by atoms with E-state index < -0.39 is 12.1 Å². The number of rotatable bonds is 1. The minimum atomic E-state index is -0.637. The highest BCUT2D eigenvalue weighted by Crippen LogP contribution is 2.45. The number of aryl methyl sites for hydroxylation is 1. The number of likely N-dealkylation sites (N-methyl/N-ethyl adjacent to an activating group) is 1. The first-order valence-corrected chi connectivity index (χ1v) is 9.51. The molecule has 1 saturated heterocycles. The maximum Gasteiger partial charge on any atom is 0.245 e. The van der Waals surface area contributed by atoms with Crippen molar-refractivity contribution >= 4 is 22.7 Å². The molecular formula is C22H21N3O4. The van der Waals surface area contributed by atoms with E-state index >= 15 is 0 Å². The van der Waals surface area contributed by atoms with Gasteiger partial charge in [0.15, 0.2) is 11.5 Å². The summed E-state index contributed by atoms with van der Waals surface area (Å²) in [7, 11) is 3.58. The van der Waals surface area contributed by atoms with Crippen LogP contribution in [-0.4, -0.2) is 56.0 Å². The molecule has 5 rings (SSSR count). The van der Waals surface area contributed by atoms with E-state index in [1.54, 1.807) is 11.9 Å². The highest BCUT2D eigenvalue weighted by Gasteiger charge is 2.47.